The summed E-state index contributed by atoms with van der Waals surface area (Å²) in [6.07, 6.45) is 1.03. The monoisotopic (exact) mass is 251 g/mol. The van der Waals surface area contributed by atoms with Crippen LogP contribution in [-0.2, 0) is 4.74 Å². The zero-order valence-corrected chi connectivity index (χ0v) is 11.0. The molecule has 0 aliphatic heterocycles. The molecule has 0 fully saturated rings. The molecule has 4 heteroatoms. The van der Waals surface area contributed by atoms with Crippen LogP contribution in [0.25, 0.3) is 0 Å². The van der Waals surface area contributed by atoms with Crippen molar-refractivity contribution in [3.8, 4) is 5.75 Å². The number of carbonyl (C=O) groups excluding carboxylic acids is 1. The SMILES string of the molecule is CC(C)CCOCCNC(=O)c1cccc(O)c1. The smallest absolute Gasteiger partial charge is 0.251 e. The molecule has 1 aromatic carbocycles. The largest absolute Gasteiger partial charge is 0.508 e. The molecule has 0 atom stereocenters. The van der Waals surface area contributed by atoms with Crippen LogP contribution in [0.1, 0.15) is 30.6 Å². The van der Waals surface area contributed by atoms with E-state index in [4.69, 9.17) is 4.74 Å². The second-order valence-electron chi connectivity index (χ2n) is 4.60. The molecule has 0 aliphatic rings. The number of nitrogens with one attached hydrogen (secondary N) is 1. The second kappa shape index (κ2) is 7.71. The summed E-state index contributed by atoms with van der Waals surface area (Å²) in [7, 11) is 0. The third kappa shape index (κ3) is 5.68. The first-order chi connectivity index (χ1) is 8.59. The van der Waals surface area contributed by atoms with Crippen LogP contribution in [0.2, 0.25) is 0 Å². The number of phenolic OH excluding ortho intramolecular Hbond substituents is 1. The molecule has 100 valence electrons. The Morgan fingerprint density at radius 3 is 2.83 bits per heavy atom. The van der Waals surface area contributed by atoms with Gasteiger partial charge >= 0.3 is 0 Å². The van der Waals surface area contributed by atoms with E-state index < -0.39 is 0 Å². The molecule has 2 N–H and O–H groups in total. The Labute approximate surface area is 108 Å². The molecule has 0 aromatic heterocycles. The van der Waals surface area contributed by atoms with Crippen molar-refractivity contribution in [1.82, 2.24) is 5.32 Å². The Hall–Kier alpha value is -1.55. The van der Waals surface area contributed by atoms with Crippen molar-refractivity contribution in [3.05, 3.63) is 29.8 Å². The highest BCUT2D eigenvalue weighted by molar-refractivity contribution is 5.94. The van der Waals surface area contributed by atoms with Gasteiger partial charge in [-0.1, -0.05) is 19.9 Å². The maximum absolute atomic E-state index is 11.7. The average Bonchev–Trinajstić information content (AvgIpc) is 2.33. The van der Waals surface area contributed by atoms with Crippen molar-refractivity contribution in [1.29, 1.82) is 0 Å². The summed E-state index contributed by atoms with van der Waals surface area (Å²) < 4.78 is 5.39. The van der Waals surface area contributed by atoms with E-state index in [2.05, 4.69) is 19.2 Å². The van der Waals surface area contributed by atoms with E-state index in [9.17, 15) is 9.90 Å². The average molecular weight is 251 g/mol. The number of phenols is 1. The molecule has 0 saturated heterocycles. The number of rotatable bonds is 7. The van der Waals surface area contributed by atoms with Crippen LogP contribution in [0.3, 0.4) is 0 Å². The Morgan fingerprint density at radius 1 is 1.39 bits per heavy atom. The summed E-state index contributed by atoms with van der Waals surface area (Å²) in [5.41, 5.74) is 0.456. The van der Waals surface area contributed by atoms with Gasteiger partial charge in [-0.2, -0.15) is 0 Å². The molecule has 0 heterocycles. The van der Waals surface area contributed by atoms with Gasteiger partial charge in [0.05, 0.1) is 6.61 Å². The third-order valence-electron chi connectivity index (χ3n) is 2.48. The van der Waals surface area contributed by atoms with Crippen molar-refractivity contribution in [2.75, 3.05) is 19.8 Å². The minimum atomic E-state index is -0.196. The number of hydrogen-bond acceptors (Lipinski definition) is 3. The van der Waals surface area contributed by atoms with Crippen molar-refractivity contribution < 1.29 is 14.6 Å². The van der Waals surface area contributed by atoms with E-state index in [-0.39, 0.29) is 11.7 Å². The maximum atomic E-state index is 11.7. The van der Waals surface area contributed by atoms with Crippen molar-refractivity contribution >= 4 is 5.91 Å². The van der Waals surface area contributed by atoms with Crippen LogP contribution in [-0.4, -0.2) is 30.8 Å². The van der Waals surface area contributed by atoms with Crippen LogP contribution in [0, 0.1) is 5.92 Å². The lowest BCUT2D eigenvalue weighted by molar-refractivity contribution is 0.0905. The van der Waals surface area contributed by atoms with E-state index in [1.54, 1.807) is 12.1 Å². The topological polar surface area (TPSA) is 58.6 Å². The normalized spacial score (nSPS) is 10.6. The standard InChI is InChI=1S/C14H21NO3/c1-11(2)6-8-18-9-7-15-14(17)12-4-3-5-13(16)10-12/h3-5,10-11,16H,6-9H2,1-2H3,(H,15,17). The molecular weight excluding hydrogens is 230 g/mol. The number of hydrogen-bond donors (Lipinski definition) is 2. The summed E-state index contributed by atoms with van der Waals surface area (Å²) >= 11 is 0. The molecule has 0 saturated carbocycles. The summed E-state index contributed by atoms with van der Waals surface area (Å²) in [5, 5.41) is 12.0. The summed E-state index contributed by atoms with van der Waals surface area (Å²) in [5.74, 6) is 0.529. The van der Waals surface area contributed by atoms with Gasteiger partial charge in [0.15, 0.2) is 0 Å². The molecule has 0 spiro atoms. The molecule has 0 aliphatic carbocycles. The molecular formula is C14H21NO3. The van der Waals surface area contributed by atoms with Gasteiger partial charge in [-0.15, -0.1) is 0 Å². The predicted octanol–water partition coefficient (Wildman–Crippen LogP) is 2.18. The summed E-state index contributed by atoms with van der Waals surface area (Å²) in [4.78, 5) is 11.7. The molecule has 1 aromatic rings. The van der Waals surface area contributed by atoms with Gasteiger partial charge in [-0.3, -0.25) is 4.79 Å². The van der Waals surface area contributed by atoms with Crippen molar-refractivity contribution in [3.63, 3.8) is 0 Å². The fraction of sp³-hybridized carbons (Fsp3) is 0.500. The number of benzene rings is 1. The first kappa shape index (κ1) is 14.5. The third-order valence-corrected chi connectivity index (χ3v) is 2.48. The van der Waals surface area contributed by atoms with E-state index >= 15 is 0 Å². The first-order valence-corrected chi connectivity index (χ1v) is 6.24. The molecule has 1 amide bonds. The lowest BCUT2D eigenvalue weighted by Gasteiger charge is -2.08. The van der Waals surface area contributed by atoms with Crippen LogP contribution >= 0.6 is 0 Å². The highest BCUT2D eigenvalue weighted by atomic mass is 16.5. The minimum Gasteiger partial charge on any atom is -0.508 e. The number of amides is 1. The van der Waals surface area contributed by atoms with E-state index in [0.29, 0.717) is 24.6 Å². The highest BCUT2D eigenvalue weighted by Gasteiger charge is 2.04. The van der Waals surface area contributed by atoms with E-state index in [1.807, 2.05) is 0 Å². The van der Waals surface area contributed by atoms with Gasteiger partial charge in [-0.25, -0.2) is 0 Å². The minimum absolute atomic E-state index is 0.0934. The van der Waals surface area contributed by atoms with Crippen LogP contribution in [0.15, 0.2) is 24.3 Å². The Morgan fingerprint density at radius 2 is 2.17 bits per heavy atom. The van der Waals surface area contributed by atoms with Crippen molar-refractivity contribution in [2.24, 2.45) is 5.92 Å². The molecule has 18 heavy (non-hydrogen) atoms. The Balaban J connectivity index is 2.18. The fourth-order valence-electron chi connectivity index (χ4n) is 1.41. The van der Waals surface area contributed by atoms with Crippen LogP contribution < -0.4 is 5.32 Å². The van der Waals surface area contributed by atoms with Crippen molar-refractivity contribution in [2.45, 2.75) is 20.3 Å². The highest BCUT2D eigenvalue weighted by Crippen LogP contribution is 2.10. The number of aromatic hydroxyl groups is 1. The summed E-state index contributed by atoms with van der Waals surface area (Å²) in [6.45, 7) is 6.00. The van der Waals surface area contributed by atoms with Crippen LogP contribution in [0.5, 0.6) is 5.75 Å². The molecule has 0 unspecified atom stereocenters. The molecule has 0 bridgehead atoms. The number of ether oxygens (including phenoxy) is 1. The van der Waals surface area contributed by atoms with E-state index in [0.717, 1.165) is 13.0 Å². The lowest BCUT2D eigenvalue weighted by atomic mass is 10.1. The number of carbonyl (C=O) groups is 1. The Bertz CT molecular complexity index is 377. The quantitative estimate of drug-likeness (QED) is 0.730. The second-order valence-corrected chi connectivity index (χ2v) is 4.60. The zero-order chi connectivity index (χ0) is 13.4. The molecule has 4 nitrogen and oxygen atoms in total. The lowest BCUT2D eigenvalue weighted by Crippen LogP contribution is -2.27. The predicted molar refractivity (Wildman–Crippen MR) is 70.7 cm³/mol. The van der Waals surface area contributed by atoms with Gasteiger partial charge in [0.25, 0.3) is 5.91 Å². The van der Waals surface area contributed by atoms with Gasteiger partial charge in [0.2, 0.25) is 0 Å². The summed E-state index contributed by atoms with van der Waals surface area (Å²) in [6, 6.07) is 6.28. The van der Waals surface area contributed by atoms with Gasteiger partial charge in [0, 0.05) is 18.7 Å². The molecule has 1 rings (SSSR count). The van der Waals surface area contributed by atoms with E-state index in [1.165, 1.54) is 12.1 Å². The maximum Gasteiger partial charge on any atom is 0.251 e. The van der Waals surface area contributed by atoms with Gasteiger partial charge < -0.3 is 15.2 Å². The fourth-order valence-corrected chi connectivity index (χ4v) is 1.41. The first-order valence-electron chi connectivity index (χ1n) is 6.24. The van der Waals surface area contributed by atoms with Gasteiger partial charge in [0.1, 0.15) is 5.75 Å². The van der Waals surface area contributed by atoms with Crippen LogP contribution in [0.4, 0.5) is 0 Å². The van der Waals surface area contributed by atoms with Gasteiger partial charge in [-0.05, 0) is 30.5 Å². The zero-order valence-electron chi connectivity index (χ0n) is 11.0. The molecule has 0 radical (unpaired) electrons. The Kier molecular flexibility index (Phi) is 6.22.